The van der Waals surface area contributed by atoms with Gasteiger partial charge in [-0.2, -0.15) is 0 Å². The molecule has 0 aliphatic carbocycles. The zero-order valence-electron chi connectivity index (χ0n) is 22.3. The van der Waals surface area contributed by atoms with E-state index in [0.29, 0.717) is 12.2 Å². The van der Waals surface area contributed by atoms with E-state index in [2.05, 4.69) is 36.6 Å². The summed E-state index contributed by atoms with van der Waals surface area (Å²) in [7, 11) is 0. The van der Waals surface area contributed by atoms with E-state index in [1.165, 1.54) is 70.6 Å². The average Bonchev–Trinajstić information content (AvgIpc) is 3.47. The summed E-state index contributed by atoms with van der Waals surface area (Å²) < 4.78 is 5.06. The topological polar surface area (TPSA) is 55.0 Å². The van der Waals surface area contributed by atoms with Crippen LogP contribution in [0.4, 0.5) is 0 Å². The number of ether oxygens (including phenoxy) is 1. The maximum Gasteiger partial charge on any atom is 0.333 e. The highest BCUT2D eigenvalue weighted by atomic mass is 16.5. The summed E-state index contributed by atoms with van der Waals surface area (Å²) in [6.45, 7) is 15.4. The highest BCUT2D eigenvalue weighted by Gasteiger charge is 2.01. The number of esters is 1. The van der Waals surface area contributed by atoms with Crippen LogP contribution in [0.1, 0.15) is 102 Å². The summed E-state index contributed by atoms with van der Waals surface area (Å²) in [6, 6.07) is 8.02. The molecule has 194 valence electrons. The van der Waals surface area contributed by atoms with Gasteiger partial charge in [-0.05, 0) is 24.5 Å². The normalized spacial score (nSPS) is 9.66. The maximum absolute atomic E-state index is 11.1. The number of rotatable bonds is 16. The molecule has 0 aliphatic heterocycles. The molecular formula is C31H48N2O2. The molecule has 1 aromatic heterocycles. The molecule has 0 radical (unpaired) electrons. The van der Waals surface area contributed by atoms with Crippen LogP contribution in [-0.4, -0.2) is 22.5 Å². The summed E-state index contributed by atoms with van der Waals surface area (Å²) in [5.41, 5.74) is 2.76. The number of carbonyl (C=O) groups excluding carboxylic acids is 1. The second-order valence-corrected chi connectivity index (χ2v) is 8.60. The molecule has 0 saturated carbocycles. The zero-order chi connectivity index (χ0) is 26.0. The molecule has 0 fully saturated rings. The zero-order valence-corrected chi connectivity index (χ0v) is 22.3. The first-order chi connectivity index (χ1) is 17.1. The number of aromatic amines is 1. The van der Waals surface area contributed by atoms with Crippen molar-refractivity contribution < 1.29 is 9.53 Å². The molecule has 2 rings (SSSR count). The van der Waals surface area contributed by atoms with Gasteiger partial charge in [-0.15, -0.1) is 0 Å². The van der Waals surface area contributed by atoms with E-state index in [9.17, 15) is 4.79 Å². The van der Waals surface area contributed by atoms with Crippen molar-refractivity contribution in [1.82, 2.24) is 9.97 Å². The minimum absolute atomic E-state index is 0.256. The fourth-order valence-corrected chi connectivity index (χ4v) is 3.33. The first kappa shape index (κ1) is 32.1. The van der Waals surface area contributed by atoms with Gasteiger partial charge in [0.2, 0.25) is 0 Å². The minimum atomic E-state index is -0.256. The number of nitrogens with one attached hydrogen (secondary N) is 1. The Bertz CT molecular complexity index is 737. The first-order valence-electron chi connectivity index (χ1n) is 13.2. The van der Waals surface area contributed by atoms with E-state index in [1.54, 1.807) is 25.6 Å². The van der Waals surface area contributed by atoms with Gasteiger partial charge in [0, 0.05) is 18.0 Å². The lowest BCUT2D eigenvalue weighted by Crippen LogP contribution is -2.05. The largest absolute Gasteiger partial charge is 0.462 e. The number of hydrogen-bond donors (Lipinski definition) is 1. The van der Waals surface area contributed by atoms with Crippen LogP contribution < -0.4 is 0 Å². The van der Waals surface area contributed by atoms with Crippen LogP contribution in [0.3, 0.4) is 0 Å². The van der Waals surface area contributed by atoms with Crippen LogP contribution in [0, 0.1) is 0 Å². The van der Waals surface area contributed by atoms with Crippen LogP contribution in [-0.2, 0) is 9.53 Å². The second kappa shape index (κ2) is 24.3. The highest BCUT2D eigenvalue weighted by Crippen LogP contribution is 2.12. The van der Waals surface area contributed by atoms with Crippen molar-refractivity contribution in [1.29, 1.82) is 0 Å². The molecule has 4 nitrogen and oxygen atoms in total. The molecule has 1 N–H and O–H groups in total. The Kier molecular flexibility index (Phi) is 22.3. The lowest BCUT2D eigenvalue weighted by atomic mass is 10.1. The number of aromatic nitrogens is 2. The minimum Gasteiger partial charge on any atom is -0.462 e. The number of nitrogens with zero attached hydrogens (tertiary/aromatic N) is 1. The Hall–Kier alpha value is -2.88. The van der Waals surface area contributed by atoms with Gasteiger partial charge in [0.25, 0.3) is 0 Å². The number of benzene rings is 1. The SMILES string of the molecule is C=C(C)C(=O)OCCCCCCCCCCCCCC.C=Cc1ccccc1C=C.c1c[nH]cn1. The van der Waals surface area contributed by atoms with Gasteiger partial charge in [0.15, 0.2) is 0 Å². The second-order valence-electron chi connectivity index (χ2n) is 8.60. The van der Waals surface area contributed by atoms with Gasteiger partial charge in [-0.1, -0.05) is 134 Å². The molecule has 1 aromatic carbocycles. The third-order valence-electron chi connectivity index (χ3n) is 5.42. The van der Waals surface area contributed by atoms with E-state index in [-0.39, 0.29) is 5.97 Å². The van der Waals surface area contributed by atoms with E-state index in [4.69, 9.17) is 4.74 Å². The molecular weight excluding hydrogens is 432 g/mol. The standard InChI is InChI=1S/C18H34O2.C10H10.C3H4N2/c1-4-5-6-7-8-9-10-11-12-13-14-15-16-20-18(19)17(2)3;1-3-9-7-5-6-8-10(9)4-2;1-2-5-3-4-1/h2,4-16H2,1,3H3;3-8H,1-2H2;1-3H,(H,4,5). The first-order valence-corrected chi connectivity index (χ1v) is 13.2. The molecule has 1 heterocycles. The predicted molar refractivity (Wildman–Crippen MR) is 152 cm³/mol. The number of hydrogen-bond acceptors (Lipinski definition) is 3. The van der Waals surface area contributed by atoms with Crippen molar-refractivity contribution in [2.75, 3.05) is 6.61 Å². The third-order valence-corrected chi connectivity index (χ3v) is 5.42. The number of carbonyl (C=O) groups is 1. The fraction of sp³-hybridized carbons (Fsp3) is 0.484. The van der Waals surface area contributed by atoms with E-state index in [0.717, 1.165) is 17.5 Å². The highest BCUT2D eigenvalue weighted by molar-refractivity contribution is 5.86. The van der Waals surface area contributed by atoms with Gasteiger partial charge in [-0.25, -0.2) is 9.78 Å². The summed E-state index contributed by atoms with van der Waals surface area (Å²) >= 11 is 0. The van der Waals surface area contributed by atoms with Gasteiger partial charge < -0.3 is 9.72 Å². The quantitative estimate of drug-likeness (QED) is 0.148. The van der Waals surface area contributed by atoms with Crippen molar-refractivity contribution in [2.45, 2.75) is 90.9 Å². The molecule has 0 unspecified atom stereocenters. The molecule has 0 aliphatic rings. The van der Waals surface area contributed by atoms with Crippen LogP contribution >= 0.6 is 0 Å². The average molecular weight is 481 g/mol. The predicted octanol–water partition coefficient (Wildman–Crippen LogP) is 9.19. The van der Waals surface area contributed by atoms with Crippen LogP contribution in [0.5, 0.6) is 0 Å². The van der Waals surface area contributed by atoms with E-state index >= 15 is 0 Å². The molecule has 0 saturated heterocycles. The Morgan fingerprint density at radius 3 is 1.71 bits per heavy atom. The van der Waals surface area contributed by atoms with Crippen LogP contribution in [0.2, 0.25) is 0 Å². The summed E-state index contributed by atoms with van der Waals surface area (Å²) in [6.07, 6.45) is 24.6. The van der Waals surface area contributed by atoms with Gasteiger partial charge in [-0.3, -0.25) is 0 Å². The molecule has 35 heavy (non-hydrogen) atoms. The van der Waals surface area contributed by atoms with Crippen molar-refractivity contribution in [3.05, 3.63) is 79.4 Å². The fourth-order valence-electron chi connectivity index (χ4n) is 3.33. The lowest BCUT2D eigenvalue weighted by Gasteiger charge is -2.04. The smallest absolute Gasteiger partial charge is 0.333 e. The van der Waals surface area contributed by atoms with Crippen molar-refractivity contribution >= 4 is 18.1 Å². The maximum atomic E-state index is 11.1. The molecule has 0 bridgehead atoms. The monoisotopic (exact) mass is 480 g/mol. The van der Waals surface area contributed by atoms with E-state index < -0.39 is 0 Å². The van der Waals surface area contributed by atoms with Crippen molar-refractivity contribution in [3.63, 3.8) is 0 Å². The third kappa shape index (κ3) is 20.2. The Morgan fingerprint density at radius 2 is 1.37 bits per heavy atom. The number of imidazole rings is 1. The van der Waals surface area contributed by atoms with E-state index in [1.807, 2.05) is 36.4 Å². The van der Waals surface area contributed by atoms with Crippen molar-refractivity contribution in [3.8, 4) is 0 Å². The summed E-state index contributed by atoms with van der Waals surface area (Å²) in [4.78, 5) is 17.5. The number of H-pyrrole nitrogens is 1. The van der Waals surface area contributed by atoms with Gasteiger partial charge >= 0.3 is 5.97 Å². The Morgan fingerprint density at radius 1 is 0.886 bits per heavy atom. The molecule has 0 atom stereocenters. The molecule has 4 heteroatoms. The van der Waals surface area contributed by atoms with Crippen LogP contribution in [0.15, 0.2) is 68.3 Å². The number of unbranched alkanes of at least 4 members (excludes halogenated alkanes) is 11. The van der Waals surface area contributed by atoms with Gasteiger partial charge in [0.1, 0.15) is 0 Å². The summed E-state index contributed by atoms with van der Waals surface area (Å²) in [5.74, 6) is -0.256. The molecule has 2 aromatic rings. The van der Waals surface area contributed by atoms with Crippen molar-refractivity contribution in [2.24, 2.45) is 0 Å². The molecule has 0 amide bonds. The van der Waals surface area contributed by atoms with Gasteiger partial charge in [0.05, 0.1) is 12.9 Å². The summed E-state index contributed by atoms with van der Waals surface area (Å²) in [5, 5.41) is 0. The Labute approximate surface area is 214 Å². The lowest BCUT2D eigenvalue weighted by molar-refractivity contribution is -0.139. The Balaban J connectivity index is 0.000000623. The molecule has 0 spiro atoms. The van der Waals surface area contributed by atoms with Crippen LogP contribution in [0.25, 0.3) is 12.2 Å².